The smallest absolute Gasteiger partial charge is 0.304 e. The number of hydrogen-bond donors (Lipinski definition) is 2. The molecule has 2 aliphatic heterocycles. The van der Waals surface area contributed by atoms with Crippen LogP contribution in [0.2, 0.25) is 5.02 Å². The van der Waals surface area contributed by atoms with E-state index in [0.717, 1.165) is 61.6 Å². The van der Waals surface area contributed by atoms with Gasteiger partial charge in [0.2, 0.25) is 0 Å². The highest BCUT2D eigenvalue weighted by molar-refractivity contribution is 7.87. The SMILES string of the molecule is O=C(NS(=O)(=O)N1CC(OC2CCNC2)C1)c1cc(Cl)c(OCC2CCCC2)cc1F. The molecule has 0 bridgehead atoms. The third-order valence-electron chi connectivity index (χ3n) is 5.99. The first-order chi connectivity index (χ1) is 14.8. The Morgan fingerprint density at radius 3 is 2.65 bits per heavy atom. The lowest BCUT2D eigenvalue weighted by Crippen LogP contribution is -2.59. The number of nitrogens with zero attached hydrogens (tertiary/aromatic N) is 1. The van der Waals surface area contributed by atoms with E-state index in [2.05, 4.69) is 5.32 Å². The van der Waals surface area contributed by atoms with Gasteiger partial charge in [0.15, 0.2) is 0 Å². The van der Waals surface area contributed by atoms with Crippen molar-refractivity contribution in [3.63, 3.8) is 0 Å². The normalized spacial score (nSPS) is 23.1. The van der Waals surface area contributed by atoms with Gasteiger partial charge < -0.3 is 14.8 Å². The number of carbonyl (C=O) groups is 1. The average molecular weight is 476 g/mol. The van der Waals surface area contributed by atoms with E-state index in [1.165, 1.54) is 0 Å². The van der Waals surface area contributed by atoms with Crippen molar-refractivity contribution in [3.05, 3.63) is 28.5 Å². The van der Waals surface area contributed by atoms with Gasteiger partial charge in [0, 0.05) is 25.7 Å². The molecule has 1 aliphatic carbocycles. The van der Waals surface area contributed by atoms with Gasteiger partial charge in [-0.05, 0) is 37.8 Å². The van der Waals surface area contributed by atoms with Crippen LogP contribution in [0, 0.1) is 11.7 Å². The molecule has 172 valence electrons. The minimum Gasteiger partial charge on any atom is -0.492 e. The highest BCUT2D eigenvalue weighted by Crippen LogP contribution is 2.31. The molecule has 2 saturated heterocycles. The molecule has 1 atom stereocenters. The van der Waals surface area contributed by atoms with Gasteiger partial charge in [0.05, 0.1) is 29.4 Å². The summed E-state index contributed by atoms with van der Waals surface area (Å²) in [6, 6.07) is 2.13. The molecule has 1 saturated carbocycles. The zero-order chi connectivity index (χ0) is 22.0. The molecule has 1 unspecified atom stereocenters. The van der Waals surface area contributed by atoms with Gasteiger partial charge in [-0.25, -0.2) is 9.11 Å². The van der Waals surface area contributed by atoms with Gasteiger partial charge >= 0.3 is 10.2 Å². The Morgan fingerprint density at radius 2 is 1.97 bits per heavy atom. The predicted octanol–water partition coefficient (Wildman–Crippen LogP) is 2.09. The van der Waals surface area contributed by atoms with Crippen molar-refractivity contribution in [2.45, 2.75) is 44.3 Å². The summed E-state index contributed by atoms with van der Waals surface area (Å²) >= 11 is 6.15. The topological polar surface area (TPSA) is 97.0 Å². The van der Waals surface area contributed by atoms with Crippen LogP contribution < -0.4 is 14.8 Å². The molecule has 8 nitrogen and oxygen atoms in total. The highest BCUT2D eigenvalue weighted by Gasteiger charge is 2.39. The maximum absolute atomic E-state index is 14.5. The van der Waals surface area contributed by atoms with Crippen molar-refractivity contribution in [2.75, 3.05) is 32.8 Å². The fourth-order valence-corrected chi connectivity index (χ4v) is 5.55. The fraction of sp³-hybridized carbons (Fsp3) is 0.650. The number of ether oxygens (including phenoxy) is 2. The standard InChI is InChI=1S/C20H27ClFN3O5S/c21-17-7-16(18(22)8-19(17)29-12-13-3-1-2-4-13)20(26)24-31(27,28)25-10-15(11-25)30-14-5-6-23-9-14/h7-8,13-15,23H,1-6,9-12H2,(H,24,26). The molecule has 3 fully saturated rings. The summed E-state index contributed by atoms with van der Waals surface area (Å²) in [6.45, 7) is 2.37. The first kappa shape index (κ1) is 22.7. The van der Waals surface area contributed by atoms with Gasteiger partial charge in [-0.15, -0.1) is 0 Å². The van der Waals surface area contributed by atoms with E-state index >= 15 is 0 Å². The van der Waals surface area contributed by atoms with E-state index in [0.29, 0.717) is 12.5 Å². The number of hydrogen-bond acceptors (Lipinski definition) is 6. The molecule has 0 spiro atoms. The summed E-state index contributed by atoms with van der Waals surface area (Å²) in [4.78, 5) is 12.4. The number of carbonyl (C=O) groups excluding carboxylic acids is 1. The lowest BCUT2D eigenvalue weighted by Gasteiger charge is -2.38. The minimum atomic E-state index is -4.10. The first-order valence-corrected chi connectivity index (χ1v) is 12.4. The van der Waals surface area contributed by atoms with Crippen LogP contribution >= 0.6 is 11.6 Å². The van der Waals surface area contributed by atoms with E-state index < -0.39 is 27.5 Å². The van der Waals surface area contributed by atoms with Crippen LogP contribution in [0.1, 0.15) is 42.5 Å². The number of benzene rings is 1. The molecular weight excluding hydrogens is 449 g/mol. The van der Waals surface area contributed by atoms with Crippen molar-refractivity contribution in [3.8, 4) is 5.75 Å². The molecule has 3 aliphatic rings. The Labute approximate surface area is 186 Å². The fourth-order valence-electron chi connectivity index (χ4n) is 4.13. The maximum Gasteiger partial charge on any atom is 0.304 e. The zero-order valence-corrected chi connectivity index (χ0v) is 18.7. The number of rotatable bonds is 8. The summed E-state index contributed by atoms with van der Waals surface area (Å²) in [6.07, 6.45) is 5.21. The van der Waals surface area contributed by atoms with E-state index in [1.54, 1.807) is 0 Å². The number of nitrogens with one attached hydrogen (secondary N) is 2. The van der Waals surface area contributed by atoms with Crippen LogP contribution in [0.15, 0.2) is 12.1 Å². The van der Waals surface area contributed by atoms with Gasteiger partial charge in [0.1, 0.15) is 11.6 Å². The van der Waals surface area contributed by atoms with Crippen LogP contribution in [-0.4, -0.2) is 63.6 Å². The van der Waals surface area contributed by atoms with E-state index in [9.17, 15) is 17.6 Å². The van der Waals surface area contributed by atoms with Gasteiger partial charge in [-0.2, -0.15) is 12.7 Å². The van der Waals surface area contributed by atoms with Gasteiger partial charge in [-0.3, -0.25) is 4.79 Å². The van der Waals surface area contributed by atoms with E-state index in [1.807, 2.05) is 4.72 Å². The van der Waals surface area contributed by atoms with Crippen molar-refractivity contribution in [1.82, 2.24) is 14.3 Å². The van der Waals surface area contributed by atoms with Crippen LogP contribution in [0.25, 0.3) is 0 Å². The lowest BCUT2D eigenvalue weighted by molar-refractivity contribution is -0.0584. The Bertz CT molecular complexity index is 914. The molecule has 4 rings (SSSR count). The summed E-state index contributed by atoms with van der Waals surface area (Å²) in [5.41, 5.74) is -0.452. The Morgan fingerprint density at radius 1 is 1.23 bits per heavy atom. The Hall–Kier alpha value is -1.46. The molecule has 0 radical (unpaired) electrons. The zero-order valence-electron chi connectivity index (χ0n) is 17.1. The second kappa shape index (κ2) is 9.58. The van der Waals surface area contributed by atoms with Crippen LogP contribution in [0.5, 0.6) is 5.75 Å². The van der Waals surface area contributed by atoms with Crippen molar-refractivity contribution >= 4 is 27.7 Å². The van der Waals surface area contributed by atoms with E-state index in [4.69, 9.17) is 21.1 Å². The number of amides is 1. The molecule has 11 heteroatoms. The van der Waals surface area contributed by atoms with Crippen LogP contribution in [0.4, 0.5) is 4.39 Å². The molecule has 1 amide bonds. The summed E-state index contributed by atoms with van der Waals surface area (Å²) in [7, 11) is -4.10. The third kappa shape index (κ3) is 5.48. The van der Waals surface area contributed by atoms with Crippen LogP contribution in [-0.2, 0) is 14.9 Å². The quantitative estimate of drug-likeness (QED) is 0.597. The average Bonchev–Trinajstić information content (AvgIpc) is 3.38. The van der Waals surface area contributed by atoms with Gasteiger partial charge in [0.25, 0.3) is 5.91 Å². The largest absolute Gasteiger partial charge is 0.492 e. The van der Waals surface area contributed by atoms with Gasteiger partial charge in [-0.1, -0.05) is 24.4 Å². The molecular formula is C20H27ClFN3O5S. The predicted molar refractivity (Wildman–Crippen MR) is 113 cm³/mol. The van der Waals surface area contributed by atoms with Crippen LogP contribution in [0.3, 0.4) is 0 Å². The monoisotopic (exact) mass is 475 g/mol. The molecule has 1 aromatic rings. The molecule has 31 heavy (non-hydrogen) atoms. The minimum absolute atomic E-state index is 0.0598. The molecule has 2 N–H and O–H groups in total. The summed E-state index contributed by atoms with van der Waals surface area (Å²) in [5, 5.41) is 3.24. The van der Waals surface area contributed by atoms with Crippen molar-refractivity contribution < 1.29 is 27.1 Å². The maximum atomic E-state index is 14.5. The third-order valence-corrected chi connectivity index (χ3v) is 7.71. The lowest BCUT2D eigenvalue weighted by atomic mass is 10.1. The second-order valence-electron chi connectivity index (χ2n) is 8.35. The summed E-state index contributed by atoms with van der Waals surface area (Å²) in [5.74, 6) is -1.40. The van der Waals surface area contributed by atoms with Crippen molar-refractivity contribution in [2.24, 2.45) is 5.92 Å². The Balaban J connectivity index is 1.32. The van der Waals surface area contributed by atoms with Crippen molar-refractivity contribution in [1.29, 1.82) is 0 Å². The molecule has 1 aromatic carbocycles. The second-order valence-corrected chi connectivity index (χ2v) is 10.4. The number of halogens is 2. The summed E-state index contributed by atoms with van der Waals surface area (Å²) < 4.78 is 53.8. The Kier molecular flexibility index (Phi) is 7.02. The van der Waals surface area contributed by atoms with E-state index in [-0.39, 0.29) is 36.1 Å². The first-order valence-electron chi connectivity index (χ1n) is 10.6. The molecule has 0 aromatic heterocycles. The molecule has 2 heterocycles. The highest BCUT2D eigenvalue weighted by atomic mass is 35.5.